The average molecular weight is 208 g/mol. The summed E-state index contributed by atoms with van der Waals surface area (Å²) >= 11 is 0. The van der Waals surface area contributed by atoms with E-state index in [0.717, 1.165) is 6.92 Å². The molecule has 0 aliphatic carbocycles. The van der Waals surface area contributed by atoms with Gasteiger partial charge in [0.05, 0.1) is 12.8 Å². The summed E-state index contributed by atoms with van der Waals surface area (Å²) < 4.78 is 72.5. The molecule has 0 radical (unpaired) electrons. The van der Waals surface area contributed by atoms with Gasteiger partial charge < -0.3 is 0 Å². The Hall–Kier alpha value is -0.420. The predicted molar refractivity (Wildman–Crippen MR) is 35.4 cm³/mol. The van der Waals surface area contributed by atoms with E-state index in [2.05, 4.69) is 0 Å². The molecule has 0 atom stereocenters. The molecular formula is C7H10F6. The first kappa shape index (κ1) is 12.6. The van der Waals surface area contributed by atoms with Gasteiger partial charge in [0, 0.05) is 6.42 Å². The fourth-order valence-corrected chi connectivity index (χ4v) is 0.801. The Bertz CT molecular complexity index is 153. The topological polar surface area (TPSA) is 0 Å². The van der Waals surface area contributed by atoms with E-state index in [4.69, 9.17) is 0 Å². The molecule has 6 heteroatoms. The van der Waals surface area contributed by atoms with Crippen molar-refractivity contribution in [2.45, 2.75) is 44.5 Å². The van der Waals surface area contributed by atoms with Crippen molar-refractivity contribution in [1.82, 2.24) is 0 Å². The van der Waals surface area contributed by atoms with Gasteiger partial charge in [-0.3, -0.25) is 0 Å². The number of halogens is 6. The van der Waals surface area contributed by atoms with Crippen LogP contribution in [0.4, 0.5) is 26.3 Å². The van der Waals surface area contributed by atoms with E-state index in [9.17, 15) is 26.3 Å². The Morgan fingerprint density at radius 1 is 1.00 bits per heavy atom. The molecular weight excluding hydrogens is 198 g/mol. The van der Waals surface area contributed by atoms with E-state index < -0.39 is 37.5 Å². The summed E-state index contributed by atoms with van der Waals surface area (Å²) in [5.41, 5.74) is 0. The zero-order valence-corrected chi connectivity index (χ0v) is 6.97. The zero-order valence-electron chi connectivity index (χ0n) is 6.97. The Morgan fingerprint density at radius 2 is 1.46 bits per heavy atom. The Labute approximate surface area is 71.9 Å². The molecule has 0 aromatic rings. The van der Waals surface area contributed by atoms with Crippen molar-refractivity contribution in [3.63, 3.8) is 0 Å². The third kappa shape index (κ3) is 5.76. The molecule has 0 aliphatic rings. The maximum atomic E-state index is 12.4. The highest BCUT2D eigenvalue weighted by molar-refractivity contribution is 4.77. The van der Waals surface area contributed by atoms with Crippen LogP contribution >= 0.6 is 0 Å². The first-order chi connectivity index (χ1) is 5.68. The van der Waals surface area contributed by atoms with Gasteiger partial charge in [-0.05, 0) is 0 Å². The van der Waals surface area contributed by atoms with Gasteiger partial charge in [0.15, 0.2) is 0 Å². The molecule has 0 N–H and O–H groups in total. The normalized spacial score (nSPS) is 13.8. The van der Waals surface area contributed by atoms with Crippen LogP contribution in [0.25, 0.3) is 0 Å². The van der Waals surface area contributed by atoms with Crippen molar-refractivity contribution in [3.8, 4) is 0 Å². The van der Waals surface area contributed by atoms with Crippen molar-refractivity contribution in [1.29, 1.82) is 0 Å². The molecule has 80 valence electrons. The van der Waals surface area contributed by atoms with E-state index in [1.165, 1.54) is 0 Å². The van der Waals surface area contributed by atoms with Crippen LogP contribution in [-0.2, 0) is 0 Å². The number of alkyl halides is 6. The molecule has 0 saturated heterocycles. The highest BCUT2D eigenvalue weighted by atomic mass is 19.3. The largest absolute Gasteiger partial charge is 0.259 e. The second kappa shape index (κ2) is 4.19. The van der Waals surface area contributed by atoms with E-state index in [1.807, 2.05) is 0 Å². The molecule has 0 spiro atoms. The summed E-state index contributed by atoms with van der Waals surface area (Å²) in [7, 11) is 0. The van der Waals surface area contributed by atoms with Gasteiger partial charge in [-0.1, -0.05) is 6.92 Å². The minimum absolute atomic E-state index is 0.772. The smallest absolute Gasteiger partial charge is 0.210 e. The lowest BCUT2D eigenvalue weighted by atomic mass is 10.1. The first-order valence-electron chi connectivity index (χ1n) is 3.72. The predicted octanol–water partition coefficient (Wildman–Crippen LogP) is 3.71. The van der Waals surface area contributed by atoms with Crippen LogP contribution in [0.1, 0.15) is 26.2 Å². The maximum Gasteiger partial charge on any atom is 0.259 e. The molecule has 0 aliphatic heterocycles. The third-order valence-electron chi connectivity index (χ3n) is 1.49. The van der Waals surface area contributed by atoms with E-state index in [1.54, 1.807) is 0 Å². The van der Waals surface area contributed by atoms with E-state index in [-0.39, 0.29) is 0 Å². The molecule has 0 aromatic carbocycles. The number of rotatable bonds is 5. The Balaban J connectivity index is 4.16. The van der Waals surface area contributed by atoms with Crippen molar-refractivity contribution in [2.24, 2.45) is 0 Å². The van der Waals surface area contributed by atoms with Crippen molar-refractivity contribution in [2.75, 3.05) is 0 Å². The summed E-state index contributed by atoms with van der Waals surface area (Å²) in [6, 6.07) is 0. The summed E-state index contributed by atoms with van der Waals surface area (Å²) in [6.07, 6.45) is -7.64. The summed E-state index contributed by atoms with van der Waals surface area (Å²) in [5.74, 6) is -7.56. The molecule has 0 nitrogen and oxygen atoms in total. The number of hydrogen-bond acceptors (Lipinski definition) is 0. The van der Waals surface area contributed by atoms with Crippen molar-refractivity contribution < 1.29 is 26.3 Å². The first-order valence-corrected chi connectivity index (χ1v) is 3.72. The average Bonchev–Trinajstić information content (AvgIpc) is 1.81. The van der Waals surface area contributed by atoms with Crippen LogP contribution < -0.4 is 0 Å². The summed E-state index contributed by atoms with van der Waals surface area (Å²) in [5, 5.41) is 0. The van der Waals surface area contributed by atoms with Crippen LogP contribution in [0.2, 0.25) is 0 Å². The van der Waals surface area contributed by atoms with Crippen LogP contribution in [0.15, 0.2) is 0 Å². The highest BCUT2D eigenvalue weighted by Gasteiger charge is 2.43. The summed E-state index contributed by atoms with van der Waals surface area (Å²) in [4.78, 5) is 0. The van der Waals surface area contributed by atoms with Crippen LogP contribution in [0.5, 0.6) is 0 Å². The highest BCUT2D eigenvalue weighted by Crippen LogP contribution is 2.36. The Morgan fingerprint density at radius 3 is 1.77 bits per heavy atom. The van der Waals surface area contributed by atoms with Crippen molar-refractivity contribution in [3.05, 3.63) is 0 Å². The van der Waals surface area contributed by atoms with Gasteiger partial charge in [0.2, 0.25) is 6.43 Å². The fourth-order valence-electron chi connectivity index (χ4n) is 0.801. The lowest BCUT2D eigenvalue weighted by Gasteiger charge is -2.21. The van der Waals surface area contributed by atoms with E-state index >= 15 is 0 Å². The molecule has 0 unspecified atom stereocenters. The van der Waals surface area contributed by atoms with Gasteiger partial charge in [-0.2, -0.15) is 0 Å². The molecule has 0 bridgehead atoms. The van der Waals surface area contributed by atoms with Crippen LogP contribution in [-0.4, -0.2) is 18.3 Å². The molecule has 0 aromatic heterocycles. The van der Waals surface area contributed by atoms with Crippen LogP contribution in [0.3, 0.4) is 0 Å². The molecule has 0 rings (SSSR count). The molecule has 0 heterocycles. The van der Waals surface area contributed by atoms with Gasteiger partial charge in [-0.25, -0.2) is 26.3 Å². The quantitative estimate of drug-likeness (QED) is 0.604. The monoisotopic (exact) mass is 208 g/mol. The van der Waals surface area contributed by atoms with Gasteiger partial charge in [0.25, 0.3) is 11.8 Å². The lowest BCUT2D eigenvalue weighted by molar-refractivity contribution is -0.131. The molecule has 0 saturated carbocycles. The molecule has 0 amide bonds. The minimum Gasteiger partial charge on any atom is -0.210 e. The van der Waals surface area contributed by atoms with Gasteiger partial charge in [0.1, 0.15) is 0 Å². The van der Waals surface area contributed by atoms with Gasteiger partial charge in [-0.15, -0.1) is 0 Å². The maximum absolute atomic E-state index is 12.4. The summed E-state index contributed by atoms with van der Waals surface area (Å²) in [6.45, 7) is 1.03. The van der Waals surface area contributed by atoms with Crippen molar-refractivity contribution >= 4 is 0 Å². The lowest BCUT2D eigenvalue weighted by Crippen LogP contribution is -2.30. The third-order valence-corrected chi connectivity index (χ3v) is 1.49. The van der Waals surface area contributed by atoms with Gasteiger partial charge >= 0.3 is 0 Å². The second-order valence-electron chi connectivity index (χ2n) is 2.84. The minimum atomic E-state index is -3.99. The zero-order chi connectivity index (χ0) is 10.7. The SMILES string of the molecule is CCC(F)(F)CC(F)(F)CC(F)F. The standard InChI is InChI=1S/C7H10F6/c1-2-6(10,11)4-7(12,13)3-5(8)9/h5H,2-4H2,1H3. The fraction of sp³-hybridized carbons (Fsp3) is 1.00. The second-order valence-corrected chi connectivity index (χ2v) is 2.84. The molecule has 13 heavy (non-hydrogen) atoms. The van der Waals surface area contributed by atoms with E-state index in [0.29, 0.717) is 0 Å². The Kier molecular flexibility index (Phi) is 4.06. The van der Waals surface area contributed by atoms with Crippen LogP contribution in [0, 0.1) is 0 Å². The number of hydrogen-bond donors (Lipinski definition) is 0. The molecule has 0 fully saturated rings.